The maximum absolute atomic E-state index is 13.8. The second-order valence-corrected chi connectivity index (χ2v) is 12.8. The van der Waals surface area contributed by atoms with E-state index in [4.69, 9.17) is 4.74 Å². The normalized spacial score (nSPS) is 23.4. The minimum Gasteiger partial charge on any atom is -0.390 e. The number of methoxy groups -OCH3 is 1. The lowest BCUT2D eigenvalue weighted by Gasteiger charge is -2.45. The molecule has 3 aliphatic heterocycles. The molecule has 1 saturated carbocycles. The first kappa shape index (κ1) is 29.1. The molecule has 6 rings (SSSR count). The number of aliphatic hydroxyl groups excluding tert-OH is 1. The van der Waals surface area contributed by atoms with Crippen LogP contribution in [0.5, 0.6) is 0 Å². The highest BCUT2D eigenvalue weighted by Crippen LogP contribution is 2.45. The summed E-state index contributed by atoms with van der Waals surface area (Å²) in [6.07, 6.45) is 7.19. The Hall–Kier alpha value is -2.94. The number of hydrogen-bond acceptors (Lipinski definition) is 6. The largest absolute Gasteiger partial charge is 0.390 e. The number of nitrogens with zero attached hydrogens (tertiary/aromatic N) is 3. The summed E-state index contributed by atoms with van der Waals surface area (Å²) in [5.41, 5.74) is 4.95. The van der Waals surface area contributed by atoms with E-state index in [1.54, 1.807) is 4.90 Å². The first-order valence-corrected chi connectivity index (χ1v) is 15.9. The molecule has 8 nitrogen and oxygen atoms in total. The smallest absolute Gasteiger partial charge is 0.256 e. The molecule has 3 heterocycles. The number of carbonyl (C=O) groups is 2. The molecule has 2 atom stereocenters. The Bertz CT molecular complexity index is 1280. The topological polar surface area (TPSA) is 85.3 Å². The van der Waals surface area contributed by atoms with Gasteiger partial charge in [0.05, 0.1) is 23.5 Å². The number of likely N-dealkylation sites (N-methyl/N-ethyl adjacent to an activating group) is 1. The van der Waals surface area contributed by atoms with E-state index in [0.717, 1.165) is 64.0 Å². The number of hydrogen-bond donors (Lipinski definition) is 2. The fourth-order valence-electron chi connectivity index (χ4n) is 7.65. The van der Waals surface area contributed by atoms with Gasteiger partial charge in [0.15, 0.2) is 0 Å². The number of rotatable bonds is 6. The van der Waals surface area contributed by atoms with Gasteiger partial charge in [-0.05, 0) is 86.6 Å². The van der Waals surface area contributed by atoms with E-state index in [9.17, 15) is 14.7 Å². The molecule has 1 spiro atoms. The minimum atomic E-state index is -0.674. The predicted octanol–water partition coefficient (Wildman–Crippen LogP) is 3.86. The van der Waals surface area contributed by atoms with E-state index in [2.05, 4.69) is 29.3 Å². The summed E-state index contributed by atoms with van der Waals surface area (Å²) in [4.78, 5) is 33.4. The van der Waals surface area contributed by atoms with E-state index in [1.807, 2.05) is 42.3 Å². The molecule has 1 saturated heterocycles. The Balaban J connectivity index is 1.12. The third-order valence-electron chi connectivity index (χ3n) is 10.5. The number of nitrogens with one attached hydrogen (secondary N) is 1. The number of anilines is 1. The first-order valence-electron chi connectivity index (χ1n) is 15.9. The number of likely N-dealkylation sites (tertiary alicyclic amines) is 1. The second kappa shape index (κ2) is 12.3. The minimum absolute atomic E-state index is 0.0573. The van der Waals surface area contributed by atoms with Gasteiger partial charge in [-0.15, -0.1) is 0 Å². The van der Waals surface area contributed by atoms with E-state index in [1.165, 1.54) is 24.0 Å². The Morgan fingerprint density at radius 2 is 1.74 bits per heavy atom. The molecule has 42 heavy (non-hydrogen) atoms. The van der Waals surface area contributed by atoms with Crippen LogP contribution in [0.15, 0.2) is 42.5 Å². The fourth-order valence-corrected chi connectivity index (χ4v) is 7.65. The number of β-amino-alcohol motifs (C(OH)–C–C–N with tert-alkyl or cyclic N) is 1. The van der Waals surface area contributed by atoms with Crippen molar-refractivity contribution < 1.29 is 19.4 Å². The number of benzene rings is 2. The van der Waals surface area contributed by atoms with Gasteiger partial charge in [-0.3, -0.25) is 9.59 Å². The van der Waals surface area contributed by atoms with Crippen LogP contribution in [0.3, 0.4) is 0 Å². The molecule has 2 unspecified atom stereocenters. The Labute approximate surface area is 250 Å². The van der Waals surface area contributed by atoms with Gasteiger partial charge in [0, 0.05) is 64.5 Å². The van der Waals surface area contributed by atoms with Gasteiger partial charge in [-0.25, -0.2) is 0 Å². The maximum Gasteiger partial charge on any atom is 0.256 e. The van der Waals surface area contributed by atoms with Crippen LogP contribution in [0.4, 0.5) is 5.69 Å². The highest BCUT2D eigenvalue weighted by atomic mass is 16.5. The van der Waals surface area contributed by atoms with Crippen LogP contribution in [0.2, 0.25) is 0 Å². The Morgan fingerprint density at radius 1 is 1.02 bits per heavy atom. The number of piperidine rings is 1. The van der Waals surface area contributed by atoms with E-state index < -0.39 is 6.10 Å². The molecular weight excluding hydrogens is 528 g/mol. The highest BCUT2D eigenvalue weighted by molar-refractivity contribution is 6.03. The summed E-state index contributed by atoms with van der Waals surface area (Å²) in [5.74, 6) is -0.0244. The zero-order valence-electron chi connectivity index (χ0n) is 25.2. The lowest BCUT2D eigenvalue weighted by atomic mass is 9.67. The van der Waals surface area contributed by atoms with Crippen molar-refractivity contribution in [3.63, 3.8) is 0 Å². The molecule has 226 valence electrons. The van der Waals surface area contributed by atoms with Crippen molar-refractivity contribution in [3.05, 3.63) is 64.7 Å². The van der Waals surface area contributed by atoms with Crippen LogP contribution >= 0.6 is 0 Å². The van der Waals surface area contributed by atoms with E-state index in [-0.39, 0.29) is 24.4 Å². The first-order chi connectivity index (χ1) is 20.4. The van der Waals surface area contributed by atoms with Crippen LogP contribution in [0.25, 0.3) is 0 Å². The maximum atomic E-state index is 13.8. The van der Waals surface area contributed by atoms with Crippen molar-refractivity contribution in [2.24, 2.45) is 5.41 Å². The summed E-state index contributed by atoms with van der Waals surface area (Å²) in [6, 6.07) is 13.8. The van der Waals surface area contributed by atoms with Crippen LogP contribution in [-0.4, -0.2) is 91.3 Å². The van der Waals surface area contributed by atoms with Gasteiger partial charge in [0.2, 0.25) is 0 Å². The number of carbonyl (C=O) groups excluding carboxylic acids is 2. The summed E-state index contributed by atoms with van der Waals surface area (Å²) >= 11 is 0. The summed E-state index contributed by atoms with van der Waals surface area (Å²) in [7, 11) is 1.81. The van der Waals surface area contributed by atoms with Gasteiger partial charge in [0.25, 0.3) is 11.8 Å². The van der Waals surface area contributed by atoms with Gasteiger partial charge >= 0.3 is 0 Å². The third kappa shape index (κ3) is 5.81. The molecule has 1 aliphatic carbocycles. The van der Waals surface area contributed by atoms with E-state index >= 15 is 0 Å². The molecule has 2 fully saturated rings. The quantitative estimate of drug-likeness (QED) is 0.545. The second-order valence-electron chi connectivity index (χ2n) is 12.8. The van der Waals surface area contributed by atoms with Crippen LogP contribution in [-0.2, 0) is 17.7 Å². The summed E-state index contributed by atoms with van der Waals surface area (Å²) < 4.78 is 5.58. The van der Waals surface area contributed by atoms with Gasteiger partial charge < -0.3 is 29.9 Å². The molecule has 2 aromatic carbocycles. The zero-order valence-corrected chi connectivity index (χ0v) is 25.2. The van der Waals surface area contributed by atoms with Gasteiger partial charge in [-0.1, -0.05) is 24.3 Å². The summed E-state index contributed by atoms with van der Waals surface area (Å²) in [5, 5.41) is 14.6. The fraction of sp³-hybridized carbons (Fsp3) is 0.588. The Morgan fingerprint density at radius 3 is 2.45 bits per heavy atom. The summed E-state index contributed by atoms with van der Waals surface area (Å²) in [6.45, 7) is 6.59. The number of fused-ring (bicyclic) bond motifs is 2. The Kier molecular flexibility index (Phi) is 8.57. The zero-order chi connectivity index (χ0) is 29.3. The van der Waals surface area contributed by atoms with Gasteiger partial charge in [0.1, 0.15) is 0 Å². The number of ether oxygens (including phenoxy) is 1. The average molecular weight is 575 g/mol. The number of aliphatic hydroxyl groups is 1. The van der Waals surface area contributed by atoms with Crippen molar-refractivity contribution in [2.75, 3.05) is 51.3 Å². The molecule has 0 aromatic heterocycles. The lowest BCUT2D eigenvalue weighted by molar-refractivity contribution is -0.00129. The highest BCUT2D eigenvalue weighted by Gasteiger charge is 2.39. The van der Waals surface area contributed by atoms with Crippen LogP contribution < -0.4 is 10.2 Å². The molecule has 0 radical (unpaired) electrons. The SMILES string of the molecule is CCN1CCN(CC(O)C2Cc3ccccc3CN2)C(=O)c2ccc(C(=O)N3CCC4(CCC(OC)CC4)CC3)cc21. The van der Waals surface area contributed by atoms with Crippen molar-refractivity contribution in [1.82, 2.24) is 15.1 Å². The molecule has 2 aromatic rings. The van der Waals surface area contributed by atoms with E-state index in [0.29, 0.717) is 35.7 Å². The monoisotopic (exact) mass is 574 g/mol. The van der Waals surface area contributed by atoms with Crippen LogP contribution in [0, 0.1) is 5.41 Å². The standard InChI is InChI=1S/C34H46N4O4/c1-3-36-18-19-38(23-31(39)29-20-24-6-4-5-7-26(24)22-35-29)33(41)28-9-8-25(21-30(28)36)32(40)37-16-14-34(15-17-37)12-10-27(42-2)11-13-34/h4-9,21,27,29,31,35,39H,3,10-20,22-23H2,1-2H3. The van der Waals surface area contributed by atoms with Crippen molar-refractivity contribution in [2.45, 2.75) is 76.7 Å². The molecule has 2 N–H and O–H groups in total. The predicted molar refractivity (Wildman–Crippen MR) is 164 cm³/mol. The van der Waals surface area contributed by atoms with Crippen molar-refractivity contribution >= 4 is 17.5 Å². The lowest BCUT2D eigenvalue weighted by Crippen LogP contribution is -2.50. The third-order valence-corrected chi connectivity index (χ3v) is 10.5. The molecule has 8 heteroatoms. The molecule has 4 aliphatic rings. The van der Waals surface area contributed by atoms with Crippen LogP contribution in [0.1, 0.15) is 77.3 Å². The van der Waals surface area contributed by atoms with Crippen molar-refractivity contribution in [3.8, 4) is 0 Å². The number of amides is 2. The molecule has 2 amide bonds. The van der Waals surface area contributed by atoms with Gasteiger partial charge in [-0.2, -0.15) is 0 Å². The molecule has 0 bridgehead atoms. The average Bonchev–Trinajstić information content (AvgIpc) is 3.16. The molecular formula is C34H46N4O4. The van der Waals surface area contributed by atoms with Crippen molar-refractivity contribution in [1.29, 1.82) is 0 Å².